The van der Waals surface area contributed by atoms with Crippen LogP contribution in [0.25, 0.3) is 10.4 Å². The summed E-state index contributed by atoms with van der Waals surface area (Å²) < 4.78 is 16.2. The maximum absolute atomic E-state index is 9.30. The molecule has 2 aromatic carbocycles. The Kier molecular flexibility index (Phi) is 7.28. The van der Waals surface area contributed by atoms with Crippen LogP contribution in [0.4, 0.5) is 0 Å². The molecule has 3 aromatic rings. The maximum Gasteiger partial charge on any atom is 0.187 e. The highest BCUT2D eigenvalue weighted by Gasteiger charge is 2.44. The molecule has 1 N–H and O–H groups in total. The second kappa shape index (κ2) is 10.2. The van der Waals surface area contributed by atoms with Crippen molar-refractivity contribution in [2.24, 2.45) is 0 Å². The Morgan fingerprint density at radius 3 is 2.73 bits per heavy atom. The quantitative estimate of drug-likeness (QED) is 0.548. The van der Waals surface area contributed by atoms with Gasteiger partial charge >= 0.3 is 0 Å². The van der Waals surface area contributed by atoms with Gasteiger partial charge in [-0.25, -0.2) is 0 Å². The van der Waals surface area contributed by atoms with Crippen LogP contribution in [0.5, 0.6) is 0 Å². The molecule has 172 valence electrons. The third kappa shape index (κ3) is 5.89. The van der Waals surface area contributed by atoms with E-state index in [1.54, 1.807) is 11.3 Å². The summed E-state index contributed by atoms with van der Waals surface area (Å²) in [4.78, 5) is 2.45. The second-order valence-corrected chi connectivity index (χ2v) is 9.92. The molecule has 2 fully saturated rings. The van der Waals surface area contributed by atoms with Crippen LogP contribution >= 0.6 is 11.3 Å². The van der Waals surface area contributed by atoms with Crippen LogP contribution in [0.2, 0.25) is 0 Å². The number of hydrogen-bond donors (Lipinski definition) is 1. The molecule has 5 nitrogen and oxygen atoms in total. The van der Waals surface area contributed by atoms with Crippen molar-refractivity contribution in [1.29, 1.82) is 5.26 Å². The zero-order chi connectivity index (χ0) is 23.4. The monoisotopic (exact) mass is 463 g/mol. The topological polar surface area (TPSA) is 71.7 Å². The highest BCUT2D eigenvalue weighted by atomic mass is 32.1. The number of aryl methyl sites for hydroxylation is 1. The summed E-state index contributed by atoms with van der Waals surface area (Å²) in [6.07, 6.45) is 1.90. The van der Waals surface area contributed by atoms with E-state index in [1.807, 2.05) is 44.2 Å². The van der Waals surface area contributed by atoms with Gasteiger partial charge in [-0.05, 0) is 67.3 Å². The Hall–Kier alpha value is -2.53. The van der Waals surface area contributed by atoms with Gasteiger partial charge in [0, 0.05) is 22.6 Å². The van der Waals surface area contributed by atoms with Crippen molar-refractivity contribution in [1.82, 2.24) is 0 Å². The Morgan fingerprint density at radius 1 is 1.12 bits per heavy atom. The van der Waals surface area contributed by atoms with Crippen molar-refractivity contribution >= 4 is 11.3 Å². The van der Waals surface area contributed by atoms with Crippen LogP contribution in [-0.4, -0.2) is 29.9 Å². The molecular weight excluding hydrogens is 434 g/mol. The molecular formula is C27H29NO4S. The predicted octanol–water partition coefficient (Wildman–Crippen LogP) is 5.56. The number of aliphatic hydroxyl groups is 1. The molecule has 1 aromatic heterocycles. The van der Waals surface area contributed by atoms with Crippen molar-refractivity contribution in [3.63, 3.8) is 0 Å². The van der Waals surface area contributed by atoms with E-state index in [9.17, 15) is 5.11 Å². The van der Waals surface area contributed by atoms with E-state index >= 15 is 0 Å². The fraction of sp³-hybridized carbons (Fsp3) is 0.370. The van der Waals surface area contributed by atoms with Gasteiger partial charge in [0.2, 0.25) is 0 Å². The third-order valence-corrected chi connectivity index (χ3v) is 6.86. The van der Waals surface area contributed by atoms with Crippen molar-refractivity contribution < 1.29 is 19.3 Å². The first-order valence-corrected chi connectivity index (χ1v) is 11.9. The number of nitriles is 1. The molecule has 0 amide bonds. The van der Waals surface area contributed by atoms with Gasteiger partial charge in [0.15, 0.2) is 12.1 Å². The highest BCUT2D eigenvalue weighted by molar-refractivity contribution is 7.15. The van der Waals surface area contributed by atoms with Gasteiger partial charge in [-0.15, -0.1) is 11.3 Å². The summed E-state index contributed by atoms with van der Waals surface area (Å²) in [5.74, 6) is -0.435. The van der Waals surface area contributed by atoms with Gasteiger partial charge in [-0.1, -0.05) is 30.3 Å². The molecule has 0 radical (unpaired) electrons. The summed E-state index contributed by atoms with van der Waals surface area (Å²) in [5.41, 5.74) is 5.20. The largest absolute Gasteiger partial charge is 0.392 e. The normalized spacial score (nSPS) is 20.6. The van der Waals surface area contributed by atoms with Crippen LogP contribution in [0.1, 0.15) is 47.4 Å². The average Bonchev–Trinajstić information content (AvgIpc) is 3.51. The third-order valence-electron chi connectivity index (χ3n) is 5.72. The SMILES string of the molecule is CC1(C)OC2CCOC2O1.Cc1ccc(CO)cc1Cc1ccc(-c2cccc(C#N)c2)s1. The van der Waals surface area contributed by atoms with Crippen LogP contribution in [-0.2, 0) is 27.2 Å². The van der Waals surface area contributed by atoms with Crippen molar-refractivity contribution in [3.8, 4) is 16.5 Å². The molecule has 3 heterocycles. The minimum absolute atomic E-state index is 0.0733. The fourth-order valence-corrected chi connectivity index (χ4v) is 5.04. The van der Waals surface area contributed by atoms with Crippen LogP contribution in [0, 0.1) is 18.3 Å². The number of ether oxygens (including phenoxy) is 3. The number of benzene rings is 2. The van der Waals surface area contributed by atoms with E-state index in [-0.39, 0.29) is 19.0 Å². The van der Waals surface area contributed by atoms with Gasteiger partial charge < -0.3 is 19.3 Å². The molecule has 33 heavy (non-hydrogen) atoms. The summed E-state index contributed by atoms with van der Waals surface area (Å²) >= 11 is 1.75. The lowest BCUT2D eigenvalue weighted by Crippen LogP contribution is -2.22. The lowest BCUT2D eigenvalue weighted by Gasteiger charge is -2.17. The highest BCUT2D eigenvalue weighted by Crippen LogP contribution is 2.34. The summed E-state index contributed by atoms with van der Waals surface area (Å²) in [6.45, 7) is 6.76. The first kappa shape index (κ1) is 23.6. The van der Waals surface area contributed by atoms with Crippen LogP contribution in [0.15, 0.2) is 54.6 Å². The standard InChI is InChI=1S/C20H17NOS.C7H12O3/c1-14-5-6-16(13-22)10-18(14)11-19-7-8-20(23-19)17-4-2-3-15(9-17)12-21;1-7(2)9-5-3-4-8-6(5)10-7/h2-10,22H,11,13H2,1H3;5-6H,3-4H2,1-2H3. The molecule has 2 atom stereocenters. The fourth-order valence-electron chi connectivity index (χ4n) is 4.01. The number of thiophene rings is 1. The Bertz CT molecular complexity index is 1130. The average molecular weight is 464 g/mol. The molecule has 2 saturated heterocycles. The Balaban J connectivity index is 0.000000214. The number of fused-ring (bicyclic) bond motifs is 1. The number of aliphatic hydroxyl groups excluding tert-OH is 1. The Morgan fingerprint density at radius 2 is 1.97 bits per heavy atom. The molecule has 0 spiro atoms. The maximum atomic E-state index is 9.30. The number of nitrogens with zero attached hydrogens (tertiary/aromatic N) is 1. The van der Waals surface area contributed by atoms with Crippen molar-refractivity contribution in [3.05, 3.63) is 81.7 Å². The van der Waals surface area contributed by atoms with Gasteiger partial charge in [0.25, 0.3) is 0 Å². The van der Waals surface area contributed by atoms with Crippen molar-refractivity contribution in [2.45, 2.75) is 58.4 Å². The molecule has 0 aliphatic carbocycles. The smallest absolute Gasteiger partial charge is 0.187 e. The van der Waals surface area contributed by atoms with Crippen molar-refractivity contribution in [2.75, 3.05) is 6.61 Å². The van der Waals surface area contributed by atoms with E-state index in [0.717, 1.165) is 30.6 Å². The number of hydrogen-bond acceptors (Lipinski definition) is 6. The first-order chi connectivity index (χ1) is 15.9. The lowest BCUT2D eigenvalue weighted by molar-refractivity contribution is -0.192. The molecule has 2 aliphatic heterocycles. The lowest BCUT2D eigenvalue weighted by atomic mass is 10.0. The van der Waals surface area contributed by atoms with E-state index < -0.39 is 5.79 Å². The molecule has 2 aliphatic rings. The van der Waals surface area contributed by atoms with Crippen LogP contribution in [0.3, 0.4) is 0 Å². The second-order valence-electron chi connectivity index (χ2n) is 8.76. The van der Waals surface area contributed by atoms with Gasteiger partial charge in [-0.2, -0.15) is 5.26 Å². The molecule has 6 heteroatoms. The minimum Gasteiger partial charge on any atom is -0.392 e. The number of rotatable bonds is 4. The van der Waals surface area contributed by atoms with E-state index in [4.69, 9.17) is 19.5 Å². The van der Waals surface area contributed by atoms with Crippen LogP contribution < -0.4 is 0 Å². The minimum atomic E-state index is -0.435. The van der Waals surface area contributed by atoms with Gasteiger partial charge in [-0.3, -0.25) is 0 Å². The molecule has 0 bridgehead atoms. The summed E-state index contributed by atoms with van der Waals surface area (Å²) in [7, 11) is 0. The zero-order valence-electron chi connectivity index (χ0n) is 19.2. The van der Waals surface area contributed by atoms with Gasteiger partial charge in [0.1, 0.15) is 6.10 Å². The summed E-state index contributed by atoms with van der Waals surface area (Å²) in [5, 5.41) is 18.3. The zero-order valence-corrected chi connectivity index (χ0v) is 20.0. The molecule has 5 rings (SSSR count). The predicted molar refractivity (Wildman–Crippen MR) is 129 cm³/mol. The van der Waals surface area contributed by atoms with E-state index in [2.05, 4.69) is 37.3 Å². The first-order valence-electron chi connectivity index (χ1n) is 11.1. The van der Waals surface area contributed by atoms with Gasteiger partial charge in [0.05, 0.1) is 24.8 Å². The van der Waals surface area contributed by atoms with E-state index in [1.165, 1.54) is 20.9 Å². The Labute approximate surface area is 199 Å². The molecule has 2 unspecified atom stereocenters. The molecule has 0 saturated carbocycles. The van der Waals surface area contributed by atoms with E-state index in [0.29, 0.717) is 5.56 Å². The summed E-state index contributed by atoms with van der Waals surface area (Å²) in [6, 6.07) is 20.2.